The van der Waals surface area contributed by atoms with Crippen LogP contribution in [0.4, 0.5) is 0 Å². The molecule has 2 amide bonds. The second kappa shape index (κ2) is 10.7. The highest BCUT2D eigenvalue weighted by Gasteiger charge is 2.27. The minimum atomic E-state index is 0.114. The van der Waals surface area contributed by atoms with Crippen molar-refractivity contribution in [1.29, 1.82) is 0 Å². The SMILES string of the molecule is CCN(CC)C(=O)Cc1c(C)nc([C@H]2CCCN(C(=O)Cc3cccc(C)c3)C2)nc1C. The maximum atomic E-state index is 12.9. The molecule has 0 bridgehead atoms. The summed E-state index contributed by atoms with van der Waals surface area (Å²) in [6.45, 7) is 12.8. The fourth-order valence-electron chi connectivity index (χ4n) is 4.57. The molecule has 1 fully saturated rings. The molecule has 6 heteroatoms. The molecule has 1 atom stereocenters. The van der Waals surface area contributed by atoms with Gasteiger partial charge in [-0.15, -0.1) is 0 Å². The van der Waals surface area contributed by atoms with Crippen molar-refractivity contribution in [2.45, 2.75) is 66.2 Å². The van der Waals surface area contributed by atoms with Gasteiger partial charge in [-0.05, 0) is 53.0 Å². The van der Waals surface area contributed by atoms with Gasteiger partial charge >= 0.3 is 0 Å². The Kier molecular flexibility index (Phi) is 7.99. The van der Waals surface area contributed by atoms with E-state index in [2.05, 4.69) is 6.07 Å². The van der Waals surface area contributed by atoms with Crippen molar-refractivity contribution in [2.24, 2.45) is 0 Å². The van der Waals surface area contributed by atoms with E-state index in [1.807, 2.05) is 62.6 Å². The molecule has 1 aliphatic heterocycles. The lowest BCUT2D eigenvalue weighted by atomic mass is 9.95. The van der Waals surface area contributed by atoms with Crippen LogP contribution in [0.3, 0.4) is 0 Å². The van der Waals surface area contributed by atoms with E-state index in [0.29, 0.717) is 32.5 Å². The van der Waals surface area contributed by atoms with Crippen LogP contribution in [0.25, 0.3) is 0 Å². The van der Waals surface area contributed by atoms with Crippen LogP contribution in [0.5, 0.6) is 0 Å². The number of hydrogen-bond donors (Lipinski definition) is 0. The zero-order valence-corrected chi connectivity index (χ0v) is 20.1. The Bertz CT molecular complexity index is 945. The van der Waals surface area contributed by atoms with Gasteiger partial charge in [0.05, 0.1) is 12.8 Å². The maximum absolute atomic E-state index is 12.9. The fraction of sp³-hybridized carbons (Fsp3) is 0.538. The minimum Gasteiger partial charge on any atom is -0.343 e. The number of aryl methyl sites for hydroxylation is 3. The third-order valence-corrected chi connectivity index (χ3v) is 6.46. The summed E-state index contributed by atoms with van der Waals surface area (Å²) in [5.74, 6) is 1.21. The molecule has 1 aromatic carbocycles. The molecule has 172 valence electrons. The van der Waals surface area contributed by atoms with Crippen molar-refractivity contribution in [3.8, 4) is 0 Å². The first kappa shape index (κ1) is 23.9. The predicted molar refractivity (Wildman–Crippen MR) is 127 cm³/mol. The molecule has 3 rings (SSSR count). The lowest BCUT2D eigenvalue weighted by Gasteiger charge is -2.32. The number of hydrogen-bond acceptors (Lipinski definition) is 4. The van der Waals surface area contributed by atoms with E-state index in [4.69, 9.17) is 9.97 Å². The number of likely N-dealkylation sites (N-methyl/N-ethyl adjacent to an activating group) is 1. The van der Waals surface area contributed by atoms with Crippen LogP contribution in [-0.2, 0) is 22.4 Å². The summed E-state index contributed by atoms with van der Waals surface area (Å²) < 4.78 is 0. The highest BCUT2D eigenvalue weighted by molar-refractivity contribution is 5.79. The van der Waals surface area contributed by atoms with Crippen LogP contribution < -0.4 is 0 Å². The van der Waals surface area contributed by atoms with Crippen molar-refractivity contribution >= 4 is 11.8 Å². The minimum absolute atomic E-state index is 0.114. The van der Waals surface area contributed by atoms with Gasteiger partial charge < -0.3 is 9.80 Å². The van der Waals surface area contributed by atoms with E-state index < -0.39 is 0 Å². The molecule has 0 radical (unpaired) electrons. The molecule has 2 aromatic rings. The van der Waals surface area contributed by atoms with Gasteiger partial charge in [-0.25, -0.2) is 9.97 Å². The number of amides is 2. The average molecular weight is 437 g/mol. The molecule has 0 N–H and O–H groups in total. The van der Waals surface area contributed by atoms with Gasteiger partial charge in [0.2, 0.25) is 11.8 Å². The van der Waals surface area contributed by atoms with E-state index in [1.165, 1.54) is 5.56 Å². The zero-order chi connectivity index (χ0) is 23.3. The Morgan fingerprint density at radius 1 is 1.06 bits per heavy atom. The standard InChI is InChI=1S/C26H36N4O2/c1-6-29(7-2)25(32)16-23-19(4)27-26(28-20(23)5)22-12-9-13-30(17-22)24(31)15-21-11-8-10-18(3)14-21/h8,10-11,14,22H,6-7,9,12-13,15-17H2,1-5H3/t22-/m0/s1. The Morgan fingerprint density at radius 2 is 1.75 bits per heavy atom. The molecule has 1 aromatic heterocycles. The second-order valence-corrected chi connectivity index (χ2v) is 8.82. The Morgan fingerprint density at radius 3 is 2.38 bits per heavy atom. The fourth-order valence-corrected chi connectivity index (χ4v) is 4.57. The van der Waals surface area contributed by atoms with E-state index in [-0.39, 0.29) is 17.7 Å². The second-order valence-electron chi connectivity index (χ2n) is 8.82. The summed E-state index contributed by atoms with van der Waals surface area (Å²) in [6, 6.07) is 8.14. The van der Waals surface area contributed by atoms with Crippen molar-refractivity contribution in [2.75, 3.05) is 26.2 Å². The van der Waals surface area contributed by atoms with E-state index in [9.17, 15) is 9.59 Å². The number of piperidine rings is 1. The molecule has 32 heavy (non-hydrogen) atoms. The number of likely N-dealkylation sites (tertiary alicyclic amines) is 1. The quantitative estimate of drug-likeness (QED) is 0.663. The van der Waals surface area contributed by atoms with E-state index >= 15 is 0 Å². The molecule has 2 heterocycles. The van der Waals surface area contributed by atoms with E-state index in [1.54, 1.807) is 0 Å². The first-order valence-electron chi connectivity index (χ1n) is 11.8. The van der Waals surface area contributed by atoms with Crippen molar-refractivity contribution in [1.82, 2.24) is 19.8 Å². The van der Waals surface area contributed by atoms with Crippen LogP contribution in [0, 0.1) is 20.8 Å². The number of rotatable bonds is 7. The Hall–Kier alpha value is -2.76. The lowest BCUT2D eigenvalue weighted by molar-refractivity contribution is -0.132. The number of carbonyl (C=O) groups is 2. The monoisotopic (exact) mass is 436 g/mol. The summed E-state index contributed by atoms with van der Waals surface area (Å²) in [7, 11) is 0. The molecular weight excluding hydrogens is 400 g/mol. The smallest absolute Gasteiger partial charge is 0.227 e. The first-order valence-corrected chi connectivity index (χ1v) is 11.8. The molecule has 1 aliphatic rings. The number of aromatic nitrogens is 2. The number of carbonyl (C=O) groups excluding carboxylic acids is 2. The third kappa shape index (κ3) is 5.72. The van der Waals surface area contributed by atoms with Crippen molar-refractivity contribution < 1.29 is 9.59 Å². The van der Waals surface area contributed by atoms with Crippen molar-refractivity contribution in [3.05, 3.63) is 58.2 Å². The normalized spacial score (nSPS) is 16.2. The van der Waals surface area contributed by atoms with Gasteiger partial charge in [0, 0.05) is 49.0 Å². The zero-order valence-electron chi connectivity index (χ0n) is 20.1. The van der Waals surface area contributed by atoms with Gasteiger partial charge in [0.25, 0.3) is 0 Å². The lowest BCUT2D eigenvalue weighted by Crippen LogP contribution is -2.40. The third-order valence-electron chi connectivity index (χ3n) is 6.46. The van der Waals surface area contributed by atoms with Crippen LogP contribution in [0.2, 0.25) is 0 Å². The molecule has 0 saturated carbocycles. The van der Waals surface area contributed by atoms with Gasteiger partial charge in [-0.1, -0.05) is 29.8 Å². The molecule has 1 saturated heterocycles. The highest BCUT2D eigenvalue weighted by Crippen LogP contribution is 2.26. The number of nitrogens with zero attached hydrogens (tertiary/aromatic N) is 4. The molecule has 0 spiro atoms. The Balaban J connectivity index is 1.70. The van der Waals surface area contributed by atoms with Gasteiger partial charge in [0.15, 0.2) is 0 Å². The van der Waals surface area contributed by atoms with Crippen LogP contribution in [-0.4, -0.2) is 57.8 Å². The van der Waals surface area contributed by atoms with Gasteiger partial charge in [-0.2, -0.15) is 0 Å². The molecular formula is C26H36N4O2. The summed E-state index contributed by atoms with van der Waals surface area (Å²) >= 11 is 0. The summed E-state index contributed by atoms with van der Waals surface area (Å²) in [6.07, 6.45) is 2.70. The van der Waals surface area contributed by atoms with Crippen LogP contribution in [0.1, 0.15) is 66.5 Å². The van der Waals surface area contributed by atoms with E-state index in [0.717, 1.165) is 47.7 Å². The highest BCUT2D eigenvalue weighted by atomic mass is 16.2. The summed E-state index contributed by atoms with van der Waals surface area (Å²) in [4.78, 5) is 38.9. The maximum Gasteiger partial charge on any atom is 0.227 e. The number of benzene rings is 1. The van der Waals surface area contributed by atoms with Crippen LogP contribution in [0.15, 0.2) is 24.3 Å². The first-order chi connectivity index (χ1) is 15.3. The van der Waals surface area contributed by atoms with Crippen LogP contribution >= 0.6 is 0 Å². The molecule has 0 aliphatic carbocycles. The largest absolute Gasteiger partial charge is 0.343 e. The van der Waals surface area contributed by atoms with Crippen molar-refractivity contribution in [3.63, 3.8) is 0 Å². The Labute approximate surface area is 192 Å². The summed E-state index contributed by atoms with van der Waals surface area (Å²) in [5, 5.41) is 0. The average Bonchev–Trinajstić information content (AvgIpc) is 2.77. The topological polar surface area (TPSA) is 66.4 Å². The van der Waals surface area contributed by atoms with Gasteiger partial charge in [-0.3, -0.25) is 9.59 Å². The molecule has 0 unspecified atom stereocenters. The summed E-state index contributed by atoms with van der Waals surface area (Å²) in [5.41, 5.74) is 4.90. The predicted octanol–water partition coefficient (Wildman–Crippen LogP) is 3.76. The molecule has 6 nitrogen and oxygen atoms in total. The van der Waals surface area contributed by atoms with Gasteiger partial charge in [0.1, 0.15) is 5.82 Å².